The molecule has 3 aromatic rings. The van der Waals surface area contributed by atoms with Gasteiger partial charge in [0.25, 0.3) is 0 Å². The minimum atomic E-state index is -1.13. The number of rotatable bonds is 8. The van der Waals surface area contributed by atoms with Gasteiger partial charge in [-0.2, -0.15) is 0 Å². The average molecular weight is 551 g/mol. The molecule has 0 saturated carbocycles. The van der Waals surface area contributed by atoms with E-state index in [1.54, 1.807) is 24.3 Å². The molecule has 0 unspecified atom stereocenters. The van der Waals surface area contributed by atoms with E-state index in [0.29, 0.717) is 0 Å². The van der Waals surface area contributed by atoms with Crippen LogP contribution in [-0.2, 0) is 4.79 Å². The number of hydrogen-bond donors (Lipinski definition) is 3. The zero-order valence-electron chi connectivity index (χ0n) is 17.0. The summed E-state index contributed by atoms with van der Waals surface area (Å²) in [5.41, 5.74) is 3.65. The number of aliphatic hydroxyl groups is 2. The van der Waals surface area contributed by atoms with Crippen molar-refractivity contribution >= 4 is 71.8 Å². The Bertz CT molecular complexity index is 1060. The molecular weight excluding hydrogens is 523 g/mol. The standard InChI is InChI=1S/C24H26FNO4.Ba.2H/c1-15(2)26-21-6-4-3-5-20(21)24(16-7-9-17(25)10-8-16)22(26)12-11-18(27)13-19(28)14-23(29)30;;;/h3-12,15,18-19,27-28H,13-14H2,1-2H3,(H,29,30);;;/b12-11+;;;/t18-,19-;;;/m1.../s1. The molecule has 0 aliphatic carbocycles. The molecule has 7 heteroatoms. The van der Waals surface area contributed by atoms with E-state index in [4.69, 9.17) is 5.11 Å². The van der Waals surface area contributed by atoms with Crippen LogP contribution in [0.3, 0.4) is 0 Å². The molecule has 5 nitrogen and oxygen atoms in total. The Hall–Kier alpha value is -1.39. The van der Waals surface area contributed by atoms with E-state index in [-0.39, 0.29) is 67.2 Å². The first-order valence-electron chi connectivity index (χ1n) is 9.93. The molecule has 3 rings (SSSR count). The van der Waals surface area contributed by atoms with Crippen LogP contribution in [0.2, 0.25) is 0 Å². The number of benzene rings is 2. The number of aliphatic carboxylic acids is 1. The van der Waals surface area contributed by atoms with Crippen molar-refractivity contribution in [3.05, 3.63) is 66.1 Å². The van der Waals surface area contributed by atoms with Gasteiger partial charge in [-0.05, 0) is 43.7 Å². The van der Waals surface area contributed by atoms with Gasteiger partial charge in [-0.25, -0.2) is 4.39 Å². The fourth-order valence-corrected chi connectivity index (χ4v) is 3.77. The maximum absolute atomic E-state index is 13.5. The third kappa shape index (κ3) is 6.32. The van der Waals surface area contributed by atoms with Crippen molar-refractivity contribution in [2.75, 3.05) is 0 Å². The van der Waals surface area contributed by atoms with Crippen LogP contribution in [0.1, 0.15) is 38.4 Å². The van der Waals surface area contributed by atoms with Crippen LogP contribution in [0.25, 0.3) is 28.1 Å². The third-order valence-electron chi connectivity index (χ3n) is 5.00. The number of carbonyl (C=O) groups is 1. The van der Waals surface area contributed by atoms with Crippen LogP contribution >= 0.6 is 0 Å². The fourth-order valence-electron chi connectivity index (χ4n) is 3.77. The summed E-state index contributed by atoms with van der Waals surface area (Å²) >= 11 is 0. The Labute approximate surface area is 221 Å². The Morgan fingerprint density at radius 3 is 2.35 bits per heavy atom. The molecule has 1 heterocycles. The SMILES string of the molecule is CC(C)n1c(/C=C/[C@@H](O)C[C@@H](O)CC(=O)O)c(-c2ccc(F)cc2)c2ccccc21.[BaH2]. The monoisotopic (exact) mass is 551 g/mol. The van der Waals surface area contributed by atoms with Crippen molar-refractivity contribution in [2.24, 2.45) is 0 Å². The van der Waals surface area contributed by atoms with Gasteiger partial charge in [-0.1, -0.05) is 36.4 Å². The molecule has 162 valence electrons. The Balaban J connectivity index is 0.00000341. The number of halogens is 1. The summed E-state index contributed by atoms with van der Waals surface area (Å²) in [6, 6.07) is 14.4. The van der Waals surface area contributed by atoms with Crippen molar-refractivity contribution in [2.45, 2.75) is 44.9 Å². The number of fused-ring (bicyclic) bond motifs is 1. The maximum atomic E-state index is 13.5. The number of para-hydroxylation sites is 1. The number of aliphatic hydroxyl groups excluding tert-OH is 2. The van der Waals surface area contributed by atoms with Gasteiger partial charge in [0.05, 0.1) is 18.6 Å². The summed E-state index contributed by atoms with van der Waals surface area (Å²) in [5.74, 6) is -1.43. The van der Waals surface area contributed by atoms with Crippen molar-refractivity contribution in [1.29, 1.82) is 0 Å². The van der Waals surface area contributed by atoms with Gasteiger partial charge >= 0.3 is 54.9 Å². The fraction of sp³-hybridized carbons (Fsp3) is 0.292. The van der Waals surface area contributed by atoms with Gasteiger partial charge in [-0.15, -0.1) is 0 Å². The Morgan fingerprint density at radius 1 is 1.10 bits per heavy atom. The second-order valence-corrected chi connectivity index (χ2v) is 7.66. The van der Waals surface area contributed by atoms with Crippen LogP contribution in [0.5, 0.6) is 0 Å². The van der Waals surface area contributed by atoms with Crippen LogP contribution in [0.4, 0.5) is 4.39 Å². The summed E-state index contributed by atoms with van der Waals surface area (Å²) in [7, 11) is 0. The summed E-state index contributed by atoms with van der Waals surface area (Å²) in [6.45, 7) is 4.12. The van der Waals surface area contributed by atoms with Crippen molar-refractivity contribution in [3.8, 4) is 11.1 Å². The van der Waals surface area contributed by atoms with Gasteiger partial charge in [0.2, 0.25) is 0 Å². The molecule has 0 radical (unpaired) electrons. The van der Waals surface area contributed by atoms with Crippen LogP contribution in [0.15, 0.2) is 54.6 Å². The molecule has 2 atom stereocenters. The first kappa shape index (κ1) is 25.9. The van der Waals surface area contributed by atoms with E-state index in [0.717, 1.165) is 27.7 Å². The van der Waals surface area contributed by atoms with E-state index in [2.05, 4.69) is 18.4 Å². The number of hydrogen-bond acceptors (Lipinski definition) is 3. The van der Waals surface area contributed by atoms with Gasteiger partial charge in [0, 0.05) is 34.6 Å². The molecule has 0 amide bonds. The zero-order chi connectivity index (χ0) is 21.8. The van der Waals surface area contributed by atoms with Crippen molar-refractivity contribution < 1.29 is 24.5 Å². The van der Waals surface area contributed by atoms with Crippen LogP contribution < -0.4 is 0 Å². The van der Waals surface area contributed by atoms with Crippen molar-refractivity contribution in [3.63, 3.8) is 0 Å². The second kappa shape index (κ2) is 11.5. The van der Waals surface area contributed by atoms with Gasteiger partial charge < -0.3 is 19.9 Å². The zero-order valence-corrected chi connectivity index (χ0v) is 17.0. The summed E-state index contributed by atoms with van der Waals surface area (Å²) in [6.07, 6.45) is 0.727. The number of nitrogens with zero attached hydrogens (tertiary/aromatic N) is 1. The van der Waals surface area contributed by atoms with E-state index in [1.807, 2.05) is 24.3 Å². The quantitative estimate of drug-likeness (QED) is 0.374. The molecule has 1 aromatic heterocycles. The van der Waals surface area contributed by atoms with Crippen LogP contribution in [-0.4, -0.2) is 86.9 Å². The summed E-state index contributed by atoms with van der Waals surface area (Å²) in [5, 5.41) is 29.9. The predicted molar refractivity (Wildman–Crippen MR) is 124 cm³/mol. The third-order valence-corrected chi connectivity index (χ3v) is 5.00. The Kier molecular flexibility index (Phi) is 9.57. The minimum absolute atomic E-state index is 0. The van der Waals surface area contributed by atoms with E-state index in [9.17, 15) is 19.4 Å². The van der Waals surface area contributed by atoms with E-state index < -0.39 is 24.6 Å². The number of aromatic nitrogens is 1. The molecule has 0 fully saturated rings. The molecule has 0 saturated heterocycles. The van der Waals surface area contributed by atoms with Gasteiger partial charge in [0.1, 0.15) is 5.82 Å². The number of carboxylic acids is 1. The van der Waals surface area contributed by atoms with E-state index >= 15 is 0 Å². The molecular formula is C24H28BaFNO4. The normalized spacial score (nSPS) is 13.5. The van der Waals surface area contributed by atoms with Gasteiger partial charge in [0.15, 0.2) is 0 Å². The Morgan fingerprint density at radius 2 is 1.74 bits per heavy atom. The average Bonchev–Trinajstić information content (AvgIpc) is 3.00. The molecule has 0 aliphatic rings. The molecule has 0 bridgehead atoms. The molecule has 2 aromatic carbocycles. The van der Waals surface area contributed by atoms with E-state index in [1.165, 1.54) is 12.1 Å². The summed E-state index contributed by atoms with van der Waals surface area (Å²) < 4.78 is 15.6. The first-order valence-corrected chi connectivity index (χ1v) is 9.93. The molecule has 3 N–H and O–H groups in total. The molecule has 31 heavy (non-hydrogen) atoms. The molecule has 0 spiro atoms. The second-order valence-electron chi connectivity index (χ2n) is 7.66. The molecule has 0 aliphatic heterocycles. The number of carboxylic acid groups (broad SMARTS) is 1. The first-order chi connectivity index (χ1) is 14.3. The van der Waals surface area contributed by atoms with Crippen molar-refractivity contribution in [1.82, 2.24) is 4.57 Å². The summed E-state index contributed by atoms with van der Waals surface area (Å²) in [4.78, 5) is 10.7. The van der Waals surface area contributed by atoms with Crippen LogP contribution in [0, 0.1) is 5.82 Å². The topological polar surface area (TPSA) is 82.7 Å². The predicted octanol–water partition coefficient (Wildman–Crippen LogP) is 3.71. The van der Waals surface area contributed by atoms with Gasteiger partial charge in [-0.3, -0.25) is 4.79 Å².